The van der Waals surface area contributed by atoms with E-state index >= 15 is 0 Å². The van der Waals surface area contributed by atoms with Crippen LogP contribution < -0.4 is 0 Å². The van der Waals surface area contributed by atoms with Crippen LogP contribution in [0, 0.1) is 0 Å². The van der Waals surface area contributed by atoms with Crippen molar-refractivity contribution in [3.63, 3.8) is 0 Å². The third-order valence-electron chi connectivity index (χ3n) is 3.30. The number of fused-ring (bicyclic) bond motifs is 1. The van der Waals surface area contributed by atoms with Crippen molar-refractivity contribution in [2.75, 3.05) is 0 Å². The van der Waals surface area contributed by atoms with E-state index in [4.69, 9.17) is 0 Å². The van der Waals surface area contributed by atoms with Crippen molar-refractivity contribution in [1.82, 2.24) is 0 Å². The van der Waals surface area contributed by atoms with Crippen LogP contribution in [0.4, 0.5) is 0 Å². The van der Waals surface area contributed by atoms with Gasteiger partial charge in [0.25, 0.3) is 0 Å². The van der Waals surface area contributed by atoms with Crippen LogP contribution in [0.3, 0.4) is 0 Å². The van der Waals surface area contributed by atoms with Gasteiger partial charge in [0.05, 0.1) is 0 Å². The van der Waals surface area contributed by atoms with Crippen LogP contribution in [0.15, 0.2) is 77.7 Å². The fraction of sp³-hybridized carbons (Fsp3) is 0.111. The van der Waals surface area contributed by atoms with E-state index in [-0.39, 0.29) is 0 Å². The fourth-order valence-corrected chi connectivity index (χ4v) is 3.28. The van der Waals surface area contributed by atoms with E-state index in [2.05, 4.69) is 79.7 Å². The Morgan fingerprint density at radius 2 is 1.42 bits per heavy atom. The van der Waals surface area contributed by atoms with Gasteiger partial charge in [0.1, 0.15) is 0 Å². The van der Waals surface area contributed by atoms with Gasteiger partial charge in [-0.2, -0.15) is 0 Å². The number of hydrogen-bond donors (Lipinski definition) is 0. The van der Waals surface area contributed by atoms with Gasteiger partial charge >= 0.3 is 0 Å². The van der Waals surface area contributed by atoms with Crippen LogP contribution in [0.5, 0.6) is 0 Å². The Hall–Kier alpha value is -1.73. The maximum absolute atomic E-state index is 2.28. The van der Waals surface area contributed by atoms with Gasteiger partial charge < -0.3 is 0 Å². The Kier molecular flexibility index (Phi) is 3.56. The van der Waals surface area contributed by atoms with E-state index in [1.807, 2.05) is 11.8 Å². The molecule has 1 atom stereocenters. The highest BCUT2D eigenvalue weighted by molar-refractivity contribution is 7.99. The van der Waals surface area contributed by atoms with E-state index in [0.29, 0.717) is 5.25 Å². The standard InChI is InChI=1S/C18H16S/c1-14(15-7-3-2-4-8-15)19-18-12-11-16-9-5-6-10-17(16)13-18/h2-14H,1H3. The lowest BCUT2D eigenvalue weighted by Gasteiger charge is -2.12. The molecular formula is C18H16S. The van der Waals surface area contributed by atoms with Gasteiger partial charge in [0.15, 0.2) is 0 Å². The summed E-state index contributed by atoms with van der Waals surface area (Å²) in [5.74, 6) is 0. The quantitative estimate of drug-likeness (QED) is 0.547. The molecule has 1 unspecified atom stereocenters. The maximum Gasteiger partial charge on any atom is 0.0316 e. The summed E-state index contributed by atoms with van der Waals surface area (Å²) in [6.45, 7) is 2.26. The number of benzene rings is 3. The maximum atomic E-state index is 2.28. The highest BCUT2D eigenvalue weighted by Gasteiger charge is 2.07. The molecule has 0 spiro atoms. The Morgan fingerprint density at radius 1 is 0.737 bits per heavy atom. The minimum atomic E-state index is 0.474. The van der Waals surface area contributed by atoms with E-state index < -0.39 is 0 Å². The zero-order chi connectivity index (χ0) is 13.1. The molecule has 94 valence electrons. The summed E-state index contributed by atoms with van der Waals surface area (Å²) < 4.78 is 0. The molecule has 3 rings (SSSR count). The lowest BCUT2D eigenvalue weighted by atomic mass is 10.1. The van der Waals surface area contributed by atoms with Gasteiger partial charge in [0.2, 0.25) is 0 Å². The van der Waals surface area contributed by atoms with Crippen LogP contribution in [-0.2, 0) is 0 Å². The average molecular weight is 264 g/mol. The van der Waals surface area contributed by atoms with Crippen LogP contribution in [-0.4, -0.2) is 0 Å². The van der Waals surface area contributed by atoms with Crippen molar-refractivity contribution >= 4 is 22.5 Å². The molecule has 1 heteroatoms. The van der Waals surface area contributed by atoms with E-state index in [9.17, 15) is 0 Å². The predicted molar refractivity (Wildman–Crippen MR) is 84.7 cm³/mol. The first-order chi connectivity index (χ1) is 9.33. The molecule has 0 aliphatic carbocycles. The summed E-state index contributed by atoms with van der Waals surface area (Å²) in [6, 6.07) is 25.9. The lowest BCUT2D eigenvalue weighted by Crippen LogP contribution is -1.87. The van der Waals surface area contributed by atoms with Crippen molar-refractivity contribution < 1.29 is 0 Å². The van der Waals surface area contributed by atoms with Crippen molar-refractivity contribution in [3.8, 4) is 0 Å². The molecule has 0 heterocycles. The van der Waals surface area contributed by atoms with Crippen LogP contribution in [0.25, 0.3) is 10.8 Å². The van der Waals surface area contributed by atoms with Crippen molar-refractivity contribution in [1.29, 1.82) is 0 Å². The van der Waals surface area contributed by atoms with Gasteiger partial charge in [-0.05, 0) is 35.4 Å². The summed E-state index contributed by atoms with van der Waals surface area (Å²) >= 11 is 1.91. The summed E-state index contributed by atoms with van der Waals surface area (Å²) in [5.41, 5.74) is 1.38. The van der Waals surface area contributed by atoms with E-state index in [0.717, 1.165) is 0 Å². The SMILES string of the molecule is CC(Sc1ccc2ccccc2c1)c1ccccc1. The Bertz CT molecular complexity index is 673. The summed E-state index contributed by atoms with van der Waals surface area (Å²) in [6.07, 6.45) is 0. The van der Waals surface area contributed by atoms with Gasteiger partial charge in [-0.15, -0.1) is 11.8 Å². The molecule has 0 saturated heterocycles. The second kappa shape index (κ2) is 5.50. The third-order valence-corrected chi connectivity index (χ3v) is 4.45. The number of rotatable bonds is 3. The molecule has 0 N–H and O–H groups in total. The minimum Gasteiger partial charge on any atom is -0.118 e. The molecule has 0 aromatic heterocycles. The molecule has 0 aliphatic rings. The lowest BCUT2D eigenvalue weighted by molar-refractivity contribution is 1.10. The Balaban J connectivity index is 1.85. The highest BCUT2D eigenvalue weighted by Crippen LogP contribution is 2.35. The molecular weight excluding hydrogens is 248 g/mol. The molecule has 3 aromatic rings. The molecule has 0 aliphatic heterocycles. The molecule has 0 saturated carbocycles. The molecule has 0 nitrogen and oxygen atoms in total. The second-order valence-electron chi connectivity index (χ2n) is 4.68. The molecule has 0 fully saturated rings. The Labute approximate surface area is 118 Å². The first-order valence-electron chi connectivity index (χ1n) is 6.53. The smallest absolute Gasteiger partial charge is 0.0316 e. The molecule has 0 bridgehead atoms. The minimum absolute atomic E-state index is 0.474. The molecule has 19 heavy (non-hydrogen) atoms. The second-order valence-corrected chi connectivity index (χ2v) is 6.09. The van der Waals surface area contributed by atoms with E-state index in [1.165, 1.54) is 21.2 Å². The van der Waals surface area contributed by atoms with Crippen molar-refractivity contribution in [3.05, 3.63) is 78.4 Å². The Morgan fingerprint density at radius 3 is 2.21 bits per heavy atom. The highest BCUT2D eigenvalue weighted by atomic mass is 32.2. The summed E-state index contributed by atoms with van der Waals surface area (Å²) in [7, 11) is 0. The summed E-state index contributed by atoms with van der Waals surface area (Å²) in [5, 5.41) is 3.09. The zero-order valence-electron chi connectivity index (χ0n) is 10.9. The monoisotopic (exact) mass is 264 g/mol. The normalized spacial score (nSPS) is 12.5. The van der Waals surface area contributed by atoms with Crippen LogP contribution >= 0.6 is 11.8 Å². The first-order valence-corrected chi connectivity index (χ1v) is 7.41. The molecule has 3 aromatic carbocycles. The van der Waals surface area contributed by atoms with Crippen molar-refractivity contribution in [2.24, 2.45) is 0 Å². The number of hydrogen-bond acceptors (Lipinski definition) is 1. The van der Waals surface area contributed by atoms with Crippen LogP contribution in [0.2, 0.25) is 0 Å². The zero-order valence-corrected chi connectivity index (χ0v) is 11.7. The van der Waals surface area contributed by atoms with Crippen LogP contribution in [0.1, 0.15) is 17.7 Å². The predicted octanol–water partition coefficient (Wildman–Crippen LogP) is 5.69. The largest absolute Gasteiger partial charge is 0.118 e. The van der Waals surface area contributed by atoms with Gasteiger partial charge in [-0.1, -0.05) is 60.7 Å². The van der Waals surface area contributed by atoms with E-state index in [1.54, 1.807) is 0 Å². The summed E-state index contributed by atoms with van der Waals surface area (Å²) in [4.78, 5) is 1.33. The number of thioether (sulfide) groups is 1. The third kappa shape index (κ3) is 2.82. The molecule has 0 radical (unpaired) electrons. The van der Waals surface area contributed by atoms with Crippen molar-refractivity contribution in [2.45, 2.75) is 17.1 Å². The van der Waals surface area contributed by atoms with Gasteiger partial charge in [0, 0.05) is 10.1 Å². The topological polar surface area (TPSA) is 0 Å². The van der Waals surface area contributed by atoms with Gasteiger partial charge in [-0.25, -0.2) is 0 Å². The fourth-order valence-electron chi connectivity index (χ4n) is 2.24. The molecule has 0 amide bonds. The average Bonchev–Trinajstić information content (AvgIpc) is 2.48. The van der Waals surface area contributed by atoms with Gasteiger partial charge in [-0.3, -0.25) is 0 Å². The first kappa shape index (κ1) is 12.3.